The number of rotatable bonds is 6. The van der Waals surface area contributed by atoms with Crippen LogP contribution >= 0.6 is 0 Å². The van der Waals surface area contributed by atoms with Crippen LogP contribution in [0.25, 0.3) is 0 Å². The Balaban J connectivity index is 0.000000477. The molecule has 6 rings (SSSR count). The Morgan fingerprint density at radius 2 is 1.48 bits per heavy atom. The van der Waals surface area contributed by atoms with Gasteiger partial charge in [0.2, 0.25) is 0 Å². The number of likely N-dealkylation sites (N-methyl/N-ethyl adjacent to an activating group) is 1. The van der Waals surface area contributed by atoms with Crippen LogP contribution in [0.2, 0.25) is 0 Å². The van der Waals surface area contributed by atoms with E-state index in [0.29, 0.717) is 16.9 Å². The Labute approximate surface area is 299 Å². The van der Waals surface area contributed by atoms with Gasteiger partial charge in [0.05, 0.1) is 25.3 Å². The topological polar surface area (TPSA) is 40.0 Å². The zero-order chi connectivity index (χ0) is 35.4. The maximum Gasteiger partial charge on any atom is 0.151 e. The van der Waals surface area contributed by atoms with Gasteiger partial charge in [-0.15, -0.1) is 0 Å². The number of aromatic nitrogens is 2. The fraction of sp³-hybridized carbons (Fsp3) is 0.878. The predicted octanol–water partition coefficient (Wildman–Crippen LogP) is 9.67. The second kappa shape index (κ2) is 20.3. The highest BCUT2D eigenvalue weighted by Crippen LogP contribution is 2.55. The third-order valence-corrected chi connectivity index (χ3v) is 10.4. The van der Waals surface area contributed by atoms with E-state index in [1.807, 2.05) is 27.7 Å². The van der Waals surface area contributed by atoms with Gasteiger partial charge in [-0.2, -0.15) is 5.10 Å². The molecule has 0 aromatic carbocycles. The van der Waals surface area contributed by atoms with E-state index in [4.69, 9.17) is 9.84 Å². The molecule has 4 aliphatic heterocycles. The molecular formula is C41H82N6O. The fourth-order valence-corrected chi connectivity index (χ4v) is 7.37. The molecule has 0 unspecified atom stereocenters. The Kier molecular flexibility index (Phi) is 18.8. The Hall–Kier alpha value is -1.57. The van der Waals surface area contributed by atoms with E-state index in [2.05, 4.69) is 99.4 Å². The molecule has 282 valence electrons. The van der Waals surface area contributed by atoms with Crippen LogP contribution in [0.15, 0.2) is 18.3 Å². The molecule has 48 heavy (non-hydrogen) atoms. The standard InChI is InChI=1S/C24H40N4.C8H16N2O.C4H10.2C2H6.CH4/c1-18-12-21(27-11-9-8-10-23(27,6)7)25-28(18)20-14-24(15-20)16-26(17-24)19(2)13-22(3,4)5;1-9-2-4-10(5-3-9)8-6-11-7-8;1-3-4-2;2*1-2;/h12,20H,2,8-11,13-17H2,1,3-7H3;8H,2-7H2,1H3;3-4H2,1-2H3;2*1-2H3;1H4. The summed E-state index contributed by atoms with van der Waals surface area (Å²) in [6, 6.07) is 3.64. The molecule has 5 heterocycles. The molecule has 5 fully saturated rings. The highest BCUT2D eigenvalue weighted by molar-refractivity contribution is 5.43. The van der Waals surface area contributed by atoms with Crippen molar-refractivity contribution in [2.75, 3.05) is 71.0 Å². The molecule has 0 radical (unpaired) electrons. The number of aryl methyl sites for hydroxylation is 1. The number of ether oxygens (including phenoxy) is 1. The lowest BCUT2D eigenvalue weighted by molar-refractivity contribution is -0.0774. The molecule has 1 spiro atoms. The summed E-state index contributed by atoms with van der Waals surface area (Å²) in [5.74, 6) is 1.19. The largest absolute Gasteiger partial charge is 0.378 e. The van der Waals surface area contributed by atoms with E-state index >= 15 is 0 Å². The molecule has 0 atom stereocenters. The highest BCUT2D eigenvalue weighted by Gasteiger charge is 2.53. The Morgan fingerprint density at radius 3 is 1.94 bits per heavy atom. The maximum atomic E-state index is 5.16. The first-order valence-electron chi connectivity index (χ1n) is 19.5. The number of anilines is 1. The molecule has 5 aliphatic rings. The second-order valence-corrected chi connectivity index (χ2v) is 16.3. The van der Waals surface area contributed by atoms with Gasteiger partial charge in [0, 0.05) is 74.2 Å². The van der Waals surface area contributed by atoms with Gasteiger partial charge in [0.15, 0.2) is 5.82 Å². The van der Waals surface area contributed by atoms with E-state index in [1.54, 1.807) is 0 Å². The minimum Gasteiger partial charge on any atom is -0.378 e. The van der Waals surface area contributed by atoms with Crippen molar-refractivity contribution in [2.24, 2.45) is 10.8 Å². The van der Waals surface area contributed by atoms with Gasteiger partial charge in [0.1, 0.15) is 0 Å². The number of piperazine rings is 1. The molecule has 4 saturated heterocycles. The first kappa shape index (κ1) is 44.5. The summed E-state index contributed by atoms with van der Waals surface area (Å²) in [5.41, 5.74) is 3.73. The number of hydrogen-bond acceptors (Lipinski definition) is 6. The van der Waals surface area contributed by atoms with Crippen LogP contribution in [-0.2, 0) is 4.74 Å². The van der Waals surface area contributed by atoms with Crippen LogP contribution in [0.4, 0.5) is 5.82 Å². The first-order valence-corrected chi connectivity index (χ1v) is 19.5. The van der Waals surface area contributed by atoms with Gasteiger partial charge in [-0.3, -0.25) is 9.58 Å². The molecule has 7 heteroatoms. The van der Waals surface area contributed by atoms with Crippen LogP contribution < -0.4 is 4.90 Å². The van der Waals surface area contributed by atoms with Crippen molar-refractivity contribution in [3.05, 3.63) is 24.0 Å². The molecular weight excluding hydrogens is 592 g/mol. The van der Waals surface area contributed by atoms with Crippen molar-refractivity contribution >= 4 is 5.82 Å². The Bertz CT molecular complexity index is 1010. The number of likely N-dealkylation sites (tertiary alicyclic amines) is 1. The van der Waals surface area contributed by atoms with E-state index in [0.717, 1.165) is 32.2 Å². The first-order chi connectivity index (χ1) is 22.3. The third kappa shape index (κ3) is 12.3. The summed E-state index contributed by atoms with van der Waals surface area (Å²) < 4.78 is 7.49. The van der Waals surface area contributed by atoms with Crippen LogP contribution in [0.3, 0.4) is 0 Å². The van der Waals surface area contributed by atoms with Crippen molar-refractivity contribution in [2.45, 2.75) is 160 Å². The van der Waals surface area contributed by atoms with Crippen LogP contribution in [0.5, 0.6) is 0 Å². The van der Waals surface area contributed by atoms with E-state index in [9.17, 15) is 0 Å². The van der Waals surface area contributed by atoms with Gasteiger partial charge >= 0.3 is 0 Å². The quantitative estimate of drug-likeness (QED) is 0.299. The highest BCUT2D eigenvalue weighted by atomic mass is 16.5. The summed E-state index contributed by atoms with van der Waals surface area (Å²) >= 11 is 0. The van der Waals surface area contributed by atoms with Crippen LogP contribution in [0, 0.1) is 17.8 Å². The number of nitrogens with zero attached hydrogens (tertiary/aromatic N) is 6. The van der Waals surface area contributed by atoms with Crippen LogP contribution in [-0.4, -0.2) is 102 Å². The minimum atomic E-state index is 0. The monoisotopic (exact) mass is 675 g/mol. The number of unbranched alkanes of at least 4 members (excludes halogenated alkanes) is 1. The van der Waals surface area contributed by atoms with Crippen molar-refractivity contribution in [1.82, 2.24) is 24.5 Å². The van der Waals surface area contributed by atoms with E-state index < -0.39 is 0 Å². The van der Waals surface area contributed by atoms with Gasteiger partial charge in [0.25, 0.3) is 0 Å². The van der Waals surface area contributed by atoms with Crippen molar-refractivity contribution in [3.63, 3.8) is 0 Å². The number of allylic oxidation sites excluding steroid dienone is 1. The summed E-state index contributed by atoms with van der Waals surface area (Å²) in [6.45, 7) is 40.9. The SMILES string of the molecule is C.C=C(CC(C)(C)C)N1CC2(CC(n3nc(N4CCCCC4(C)C)cc3C)C2)C1.CC.CC.CCCC.CN1CCN(C2COC2)CC1. The van der Waals surface area contributed by atoms with E-state index in [1.165, 1.54) is 101 Å². The third-order valence-electron chi connectivity index (χ3n) is 10.4. The molecule has 1 aliphatic carbocycles. The predicted molar refractivity (Wildman–Crippen MR) is 211 cm³/mol. The normalized spacial score (nSPS) is 21.9. The minimum absolute atomic E-state index is 0. The lowest BCUT2D eigenvalue weighted by Crippen LogP contribution is -2.61. The molecule has 1 aromatic rings. The van der Waals surface area contributed by atoms with E-state index in [-0.39, 0.29) is 13.0 Å². The molecule has 7 nitrogen and oxygen atoms in total. The Morgan fingerprint density at radius 1 is 0.917 bits per heavy atom. The summed E-state index contributed by atoms with van der Waals surface area (Å²) in [5, 5.41) is 5.09. The molecule has 0 bridgehead atoms. The molecule has 0 N–H and O–H groups in total. The summed E-state index contributed by atoms with van der Waals surface area (Å²) in [4.78, 5) is 9.98. The van der Waals surface area contributed by atoms with Crippen molar-refractivity contribution in [3.8, 4) is 0 Å². The smallest absolute Gasteiger partial charge is 0.151 e. The van der Waals surface area contributed by atoms with Gasteiger partial charge in [-0.1, -0.05) is 89.2 Å². The van der Waals surface area contributed by atoms with Gasteiger partial charge < -0.3 is 19.4 Å². The molecule has 1 aromatic heterocycles. The lowest BCUT2D eigenvalue weighted by atomic mass is 9.60. The lowest BCUT2D eigenvalue weighted by Gasteiger charge is -2.60. The molecule has 1 saturated carbocycles. The number of piperidine rings is 1. The second-order valence-electron chi connectivity index (χ2n) is 16.3. The zero-order valence-corrected chi connectivity index (χ0v) is 33.6. The maximum absolute atomic E-state index is 5.16. The van der Waals surface area contributed by atoms with Gasteiger partial charge in [-0.05, 0) is 71.8 Å². The number of hydrogen-bond donors (Lipinski definition) is 0. The summed E-state index contributed by atoms with van der Waals surface area (Å²) in [7, 11) is 2.19. The van der Waals surface area contributed by atoms with Crippen molar-refractivity contribution < 1.29 is 4.74 Å². The van der Waals surface area contributed by atoms with Gasteiger partial charge in [-0.25, -0.2) is 0 Å². The molecule has 0 amide bonds. The van der Waals surface area contributed by atoms with Crippen LogP contribution in [0.1, 0.15) is 147 Å². The summed E-state index contributed by atoms with van der Waals surface area (Å²) in [6.07, 6.45) is 10.2. The van der Waals surface area contributed by atoms with Crippen molar-refractivity contribution in [1.29, 1.82) is 0 Å². The zero-order valence-electron chi connectivity index (χ0n) is 33.6. The fourth-order valence-electron chi connectivity index (χ4n) is 7.37. The average Bonchev–Trinajstić information content (AvgIpc) is 3.33. The average molecular weight is 675 g/mol.